The summed E-state index contributed by atoms with van der Waals surface area (Å²) in [5.74, 6) is -0.0587. The second-order valence-corrected chi connectivity index (χ2v) is 9.30. The van der Waals surface area contributed by atoms with Crippen LogP contribution in [0.4, 0.5) is 0 Å². The monoisotopic (exact) mass is 488 g/mol. The molecule has 35 heavy (non-hydrogen) atoms. The number of carbonyl (C=O) groups excluding carboxylic acids is 1. The molecule has 6 heteroatoms. The molecular weight excluding hydrogens is 456 g/mol. The van der Waals surface area contributed by atoms with E-state index in [4.69, 9.17) is 11.6 Å². The lowest BCUT2D eigenvalue weighted by Crippen LogP contribution is -2.48. The molecule has 2 heterocycles. The highest BCUT2D eigenvalue weighted by Gasteiger charge is 2.26. The third-order valence-corrected chi connectivity index (χ3v) is 6.64. The molecule has 0 aliphatic carbocycles. The third-order valence-electron chi connectivity index (χ3n) is 6.39. The number of amides is 1. The van der Waals surface area contributed by atoms with E-state index in [9.17, 15) is 4.79 Å². The van der Waals surface area contributed by atoms with Gasteiger partial charge in [0.1, 0.15) is 0 Å². The number of piperazine rings is 1. The lowest BCUT2D eigenvalue weighted by molar-refractivity contribution is -0.116. The Bertz CT molecular complexity index is 1060. The van der Waals surface area contributed by atoms with E-state index in [1.165, 1.54) is 11.1 Å². The summed E-state index contributed by atoms with van der Waals surface area (Å²) in [5.41, 5.74) is 3.52. The van der Waals surface area contributed by atoms with Crippen molar-refractivity contribution in [1.82, 2.24) is 20.1 Å². The number of carbonyl (C=O) groups is 1. The summed E-state index contributed by atoms with van der Waals surface area (Å²) in [6, 6.07) is 23.0. The van der Waals surface area contributed by atoms with Crippen molar-refractivity contribution in [2.45, 2.75) is 18.9 Å². The Morgan fingerprint density at radius 3 is 2.40 bits per heavy atom. The van der Waals surface area contributed by atoms with E-state index in [0.717, 1.165) is 56.2 Å². The second kappa shape index (κ2) is 13.2. The van der Waals surface area contributed by atoms with Gasteiger partial charge in [0.2, 0.25) is 5.91 Å². The van der Waals surface area contributed by atoms with Gasteiger partial charge in [-0.3, -0.25) is 14.7 Å². The molecule has 2 aromatic carbocycles. The minimum atomic E-state index is -0.0587. The molecule has 1 fully saturated rings. The molecule has 1 amide bonds. The lowest BCUT2D eigenvalue weighted by atomic mass is 9.96. The SMILES string of the molecule is O=C(/C=C/c1cccnc1)NCCCCN1CCN(C(c2ccccc2)c2ccc(Cl)cc2)CC1. The number of hydrogen-bond acceptors (Lipinski definition) is 4. The molecule has 5 nitrogen and oxygen atoms in total. The molecule has 1 aliphatic rings. The summed E-state index contributed by atoms with van der Waals surface area (Å²) in [6.45, 7) is 5.92. The average Bonchev–Trinajstić information content (AvgIpc) is 2.90. The highest BCUT2D eigenvalue weighted by atomic mass is 35.5. The number of halogens is 1. The van der Waals surface area contributed by atoms with Crippen LogP contribution in [0, 0.1) is 0 Å². The van der Waals surface area contributed by atoms with Crippen LogP contribution in [-0.4, -0.2) is 60.0 Å². The van der Waals surface area contributed by atoms with Crippen molar-refractivity contribution in [2.24, 2.45) is 0 Å². The van der Waals surface area contributed by atoms with Gasteiger partial charge in [-0.05, 0) is 60.4 Å². The zero-order chi connectivity index (χ0) is 24.3. The van der Waals surface area contributed by atoms with Crippen LogP contribution in [0.25, 0.3) is 6.08 Å². The molecule has 0 bridgehead atoms. The summed E-state index contributed by atoms with van der Waals surface area (Å²) < 4.78 is 0. The Labute approximate surface area is 213 Å². The smallest absolute Gasteiger partial charge is 0.243 e. The number of benzene rings is 2. The van der Waals surface area contributed by atoms with Crippen molar-refractivity contribution in [3.8, 4) is 0 Å². The van der Waals surface area contributed by atoms with Crippen molar-refractivity contribution in [1.29, 1.82) is 0 Å². The first-order chi connectivity index (χ1) is 17.2. The standard InChI is InChI=1S/C29H33ClN4O/c30-27-13-11-26(12-14-27)29(25-8-2-1-3-9-25)34-21-19-33(20-22-34)18-5-4-17-32-28(35)15-10-24-7-6-16-31-23-24/h1-3,6-16,23,29H,4-5,17-22H2,(H,32,35)/b15-10+. The summed E-state index contributed by atoms with van der Waals surface area (Å²) in [4.78, 5) is 21.1. The van der Waals surface area contributed by atoms with Crippen LogP contribution in [0.3, 0.4) is 0 Å². The molecule has 0 spiro atoms. The quantitative estimate of drug-likeness (QED) is 0.320. The Balaban J connectivity index is 1.20. The van der Waals surface area contributed by atoms with Crippen LogP contribution in [0.5, 0.6) is 0 Å². The van der Waals surface area contributed by atoms with Gasteiger partial charge in [0.15, 0.2) is 0 Å². The van der Waals surface area contributed by atoms with Gasteiger partial charge in [-0.15, -0.1) is 0 Å². The average molecular weight is 489 g/mol. The van der Waals surface area contributed by atoms with Crippen molar-refractivity contribution in [3.63, 3.8) is 0 Å². The van der Waals surface area contributed by atoms with E-state index in [-0.39, 0.29) is 11.9 Å². The number of nitrogens with one attached hydrogen (secondary N) is 1. The first kappa shape index (κ1) is 25.1. The Hall–Kier alpha value is -2.99. The fourth-order valence-electron chi connectivity index (χ4n) is 4.52. The van der Waals surface area contributed by atoms with Gasteiger partial charge >= 0.3 is 0 Å². The van der Waals surface area contributed by atoms with Gasteiger partial charge in [0, 0.05) is 56.2 Å². The molecule has 1 saturated heterocycles. The van der Waals surface area contributed by atoms with Crippen molar-refractivity contribution < 1.29 is 4.79 Å². The van der Waals surface area contributed by atoms with Gasteiger partial charge in [-0.25, -0.2) is 0 Å². The molecule has 3 aromatic rings. The summed E-state index contributed by atoms with van der Waals surface area (Å²) in [6.07, 6.45) is 8.87. The van der Waals surface area contributed by atoms with E-state index >= 15 is 0 Å². The third kappa shape index (κ3) is 7.76. The van der Waals surface area contributed by atoms with Gasteiger partial charge in [0.25, 0.3) is 0 Å². The molecule has 1 aliphatic heterocycles. The predicted molar refractivity (Wildman–Crippen MR) is 143 cm³/mol. The van der Waals surface area contributed by atoms with Crippen LogP contribution in [0.1, 0.15) is 35.6 Å². The highest BCUT2D eigenvalue weighted by Crippen LogP contribution is 2.30. The van der Waals surface area contributed by atoms with E-state index in [0.29, 0.717) is 6.54 Å². The Morgan fingerprint density at radius 2 is 1.69 bits per heavy atom. The first-order valence-corrected chi connectivity index (χ1v) is 12.7. The normalized spacial score (nSPS) is 15.8. The molecule has 4 rings (SSSR count). The zero-order valence-electron chi connectivity index (χ0n) is 20.0. The zero-order valence-corrected chi connectivity index (χ0v) is 20.8. The summed E-state index contributed by atoms with van der Waals surface area (Å²) in [7, 11) is 0. The van der Waals surface area contributed by atoms with E-state index in [1.807, 2.05) is 24.3 Å². The molecule has 1 atom stereocenters. The second-order valence-electron chi connectivity index (χ2n) is 8.86. The van der Waals surface area contributed by atoms with Crippen molar-refractivity contribution >= 4 is 23.6 Å². The van der Waals surface area contributed by atoms with Crippen molar-refractivity contribution in [3.05, 3.63) is 107 Å². The number of aromatic nitrogens is 1. The van der Waals surface area contributed by atoms with Gasteiger partial charge in [-0.2, -0.15) is 0 Å². The van der Waals surface area contributed by atoms with E-state index < -0.39 is 0 Å². The van der Waals surface area contributed by atoms with Crippen LogP contribution in [-0.2, 0) is 4.79 Å². The van der Waals surface area contributed by atoms with Gasteiger partial charge < -0.3 is 10.2 Å². The number of pyridine rings is 1. The molecule has 1 aromatic heterocycles. The van der Waals surface area contributed by atoms with Crippen LogP contribution < -0.4 is 5.32 Å². The minimum absolute atomic E-state index is 0.0587. The predicted octanol–water partition coefficient (Wildman–Crippen LogP) is 5.05. The number of unbranched alkanes of at least 4 members (excludes halogenated alkanes) is 1. The van der Waals surface area contributed by atoms with E-state index in [1.54, 1.807) is 24.5 Å². The van der Waals surface area contributed by atoms with Crippen LogP contribution in [0.2, 0.25) is 5.02 Å². The first-order valence-electron chi connectivity index (χ1n) is 12.3. The van der Waals surface area contributed by atoms with Crippen LogP contribution in [0.15, 0.2) is 85.2 Å². The number of nitrogens with zero attached hydrogens (tertiary/aromatic N) is 3. The van der Waals surface area contributed by atoms with E-state index in [2.05, 4.69) is 62.6 Å². The molecule has 0 radical (unpaired) electrons. The van der Waals surface area contributed by atoms with Gasteiger partial charge in [0.05, 0.1) is 6.04 Å². The molecule has 1 N–H and O–H groups in total. The Kier molecular flexibility index (Phi) is 9.47. The Morgan fingerprint density at radius 1 is 0.943 bits per heavy atom. The summed E-state index contributed by atoms with van der Waals surface area (Å²) in [5, 5.41) is 3.74. The molecule has 182 valence electrons. The van der Waals surface area contributed by atoms with Crippen molar-refractivity contribution in [2.75, 3.05) is 39.3 Å². The highest BCUT2D eigenvalue weighted by molar-refractivity contribution is 6.30. The van der Waals surface area contributed by atoms with Gasteiger partial charge in [-0.1, -0.05) is 60.1 Å². The number of hydrogen-bond donors (Lipinski definition) is 1. The molecular formula is C29H33ClN4O. The fraction of sp³-hybridized carbons (Fsp3) is 0.310. The largest absolute Gasteiger partial charge is 0.353 e. The summed E-state index contributed by atoms with van der Waals surface area (Å²) >= 11 is 6.15. The topological polar surface area (TPSA) is 48.5 Å². The lowest BCUT2D eigenvalue weighted by Gasteiger charge is -2.40. The molecule has 1 unspecified atom stereocenters. The molecule has 0 saturated carbocycles. The maximum absolute atomic E-state index is 12.0. The van der Waals surface area contributed by atoms with Crippen LogP contribution >= 0.6 is 11.6 Å². The number of rotatable bonds is 10. The fourth-order valence-corrected chi connectivity index (χ4v) is 4.64. The maximum atomic E-state index is 12.0. The minimum Gasteiger partial charge on any atom is -0.353 e. The maximum Gasteiger partial charge on any atom is 0.243 e.